The number of carbonyl (C=O) groups is 1. The van der Waals surface area contributed by atoms with Crippen LogP contribution in [-0.2, 0) is 18.4 Å². The van der Waals surface area contributed by atoms with E-state index in [0.717, 1.165) is 31.2 Å². The van der Waals surface area contributed by atoms with Crippen LogP contribution in [0.3, 0.4) is 0 Å². The molecule has 12 heteroatoms. The molecule has 0 radical (unpaired) electrons. The SMILES string of the molecule is Cn1ccnc1-c1cc2nccc(Oc3ccc(N(C(=O)Cn4ncc5ccccc54)C(N)=S)cc3F)c2s1. The lowest BCUT2D eigenvalue weighted by molar-refractivity contribution is -0.118. The average Bonchev–Trinajstić information content (AvgIpc) is 3.64. The molecule has 6 rings (SSSR count). The monoisotopic (exact) mass is 557 g/mol. The summed E-state index contributed by atoms with van der Waals surface area (Å²) in [6.45, 7) is -0.129. The zero-order chi connectivity index (χ0) is 27.1. The summed E-state index contributed by atoms with van der Waals surface area (Å²) in [5, 5.41) is 4.96. The lowest BCUT2D eigenvalue weighted by Crippen LogP contribution is -2.42. The topological polar surface area (TPSA) is 104 Å². The highest BCUT2D eigenvalue weighted by Crippen LogP contribution is 2.39. The number of ether oxygens (including phenoxy) is 1. The van der Waals surface area contributed by atoms with E-state index < -0.39 is 11.7 Å². The fourth-order valence-electron chi connectivity index (χ4n) is 4.28. The number of para-hydroxylation sites is 1. The van der Waals surface area contributed by atoms with Gasteiger partial charge in [-0.15, -0.1) is 11.3 Å². The number of fused-ring (bicyclic) bond motifs is 2. The number of rotatable bonds is 6. The van der Waals surface area contributed by atoms with Gasteiger partial charge in [-0.05, 0) is 36.5 Å². The molecule has 0 bridgehead atoms. The van der Waals surface area contributed by atoms with Gasteiger partial charge in [-0.2, -0.15) is 5.10 Å². The number of thiocarbonyl (C=S) groups is 1. The van der Waals surface area contributed by atoms with Crippen molar-refractivity contribution in [2.45, 2.75) is 6.54 Å². The summed E-state index contributed by atoms with van der Waals surface area (Å²) < 4.78 is 25.5. The van der Waals surface area contributed by atoms with Crippen LogP contribution in [0, 0.1) is 5.82 Å². The number of pyridine rings is 1. The molecule has 0 aliphatic rings. The highest BCUT2D eigenvalue weighted by Gasteiger charge is 2.22. The van der Waals surface area contributed by atoms with Crippen LogP contribution in [0.25, 0.3) is 31.8 Å². The number of hydrogen-bond acceptors (Lipinski definition) is 7. The molecule has 0 spiro atoms. The number of nitrogens with two attached hydrogens (primary N) is 1. The van der Waals surface area contributed by atoms with E-state index in [2.05, 4.69) is 15.1 Å². The number of halogens is 1. The van der Waals surface area contributed by atoms with Crippen LogP contribution in [-0.4, -0.2) is 35.3 Å². The lowest BCUT2D eigenvalue weighted by atomic mass is 10.2. The van der Waals surface area contributed by atoms with Crippen LogP contribution in [0.15, 0.2) is 79.4 Å². The highest BCUT2D eigenvalue weighted by atomic mass is 32.1. The molecule has 1 amide bonds. The Morgan fingerprint density at radius 2 is 1.97 bits per heavy atom. The van der Waals surface area contributed by atoms with E-state index in [1.807, 2.05) is 48.1 Å². The summed E-state index contributed by atoms with van der Waals surface area (Å²) >= 11 is 6.58. The molecular weight excluding hydrogens is 537 g/mol. The number of nitrogens with zero attached hydrogens (tertiary/aromatic N) is 6. The Hall–Kier alpha value is -4.68. The Morgan fingerprint density at radius 3 is 2.74 bits per heavy atom. The molecule has 39 heavy (non-hydrogen) atoms. The minimum atomic E-state index is -0.683. The van der Waals surface area contributed by atoms with Crippen molar-refractivity contribution < 1.29 is 13.9 Å². The summed E-state index contributed by atoms with van der Waals surface area (Å²) in [5.41, 5.74) is 7.56. The Bertz CT molecular complexity index is 1880. The number of thiophene rings is 1. The molecule has 0 saturated heterocycles. The van der Waals surface area contributed by atoms with Gasteiger partial charge in [0.25, 0.3) is 5.91 Å². The van der Waals surface area contributed by atoms with Gasteiger partial charge in [0, 0.05) is 43.2 Å². The van der Waals surface area contributed by atoms with Crippen LogP contribution >= 0.6 is 23.6 Å². The van der Waals surface area contributed by atoms with E-state index in [1.165, 1.54) is 29.5 Å². The summed E-state index contributed by atoms with van der Waals surface area (Å²) in [5.74, 6) is 0.0826. The zero-order valence-electron chi connectivity index (χ0n) is 20.5. The normalized spacial score (nSPS) is 11.2. The largest absolute Gasteiger partial charge is 0.453 e. The smallest absolute Gasteiger partial charge is 0.255 e. The van der Waals surface area contributed by atoms with Crippen molar-refractivity contribution in [2.75, 3.05) is 4.90 Å². The number of aromatic nitrogens is 5. The molecule has 6 aromatic rings. The number of amides is 1. The molecule has 9 nitrogen and oxygen atoms in total. The van der Waals surface area contributed by atoms with Gasteiger partial charge in [-0.3, -0.25) is 19.4 Å². The fourth-order valence-corrected chi connectivity index (χ4v) is 5.60. The quantitative estimate of drug-likeness (QED) is 0.279. The van der Waals surface area contributed by atoms with E-state index in [9.17, 15) is 4.79 Å². The molecule has 2 N–H and O–H groups in total. The maximum absolute atomic E-state index is 15.3. The average molecular weight is 558 g/mol. The number of benzene rings is 2. The van der Waals surface area contributed by atoms with Gasteiger partial charge in [0.1, 0.15) is 18.1 Å². The Morgan fingerprint density at radius 1 is 1.13 bits per heavy atom. The van der Waals surface area contributed by atoms with Gasteiger partial charge in [0.15, 0.2) is 16.7 Å². The highest BCUT2D eigenvalue weighted by molar-refractivity contribution is 7.80. The van der Waals surface area contributed by atoms with Gasteiger partial charge in [-0.1, -0.05) is 18.2 Å². The summed E-state index contributed by atoms with van der Waals surface area (Å²) in [6.07, 6.45) is 6.85. The number of aryl methyl sites for hydroxylation is 1. The van der Waals surface area contributed by atoms with Crippen LogP contribution in [0.2, 0.25) is 0 Å². The van der Waals surface area contributed by atoms with Crippen LogP contribution in [0.1, 0.15) is 0 Å². The van der Waals surface area contributed by atoms with Crippen molar-refractivity contribution in [2.24, 2.45) is 12.8 Å². The first-order valence-electron chi connectivity index (χ1n) is 11.8. The standard InChI is InChI=1S/C27H20FN7O2S2/c1-33-11-10-31-26(33)23-13-19-25(39-23)22(8-9-30-19)37-21-7-6-17(12-18(21)28)35(27(29)38)24(36)15-34-20-5-3-2-4-16(20)14-32-34/h2-14H,15H2,1H3,(H2,29,38). The maximum Gasteiger partial charge on any atom is 0.255 e. The zero-order valence-corrected chi connectivity index (χ0v) is 22.1. The first-order chi connectivity index (χ1) is 18.9. The van der Waals surface area contributed by atoms with Gasteiger partial charge in [0.2, 0.25) is 0 Å². The molecule has 4 heterocycles. The predicted molar refractivity (Wildman–Crippen MR) is 152 cm³/mol. The minimum absolute atomic E-state index is 0.0217. The van der Waals surface area contributed by atoms with Crippen molar-refractivity contribution in [3.63, 3.8) is 0 Å². The van der Waals surface area contributed by atoms with Crippen LogP contribution in [0.4, 0.5) is 10.1 Å². The molecule has 0 aliphatic carbocycles. The Balaban J connectivity index is 1.27. The molecular formula is C27H20FN7O2S2. The summed E-state index contributed by atoms with van der Waals surface area (Å²) in [7, 11) is 1.91. The van der Waals surface area contributed by atoms with E-state index in [0.29, 0.717) is 11.3 Å². The van der Waals surface area contributed by atoms with Gasteiger partial charge in [-0.25, -0.2) is 9.37 Å². The van der Waals surface area contributed by atoms with E-state index >= 15 is 4.39 Å². The van der Waals surface area contributed by atoms with E-state index in [-0.39, 0.29) is 23.1 Å². The second-order valence-electron chi connectivity index (χ2n) is 8.64. The van der Waals surface area contributed by atoms with Crippen molar-refractivity contribution in [1.29, 1.82) is 0 Å². The number of carbonyl (C=O) groups excluding carboxylic acids is 1. The second kappa shape index (κ2) is 9.89. The third kappa shape index (κ3) is 4.60. The first-order valence-corrected chi connectivity index (χ1v) is 13.0. The summed E-state index contributed by atoms with van der Waals surface area (Å²) in [6, 6.07) is 15.2. The maximum atomic E-state index is 15.3. The molecule has 0 fully saturated rings. The third-order valence-corrected chi connectivity index (χ3v) is 7.43. The van der Waals surface area contributed by atoms with Crippen molar-refractivity contribution in [3.8, 4) is 22.2 Å². The lowest BCUT2D eigenvalue weighted by Gasteiger charge is -2.21. The number of anilines is 1. The van der Waals surface area contributed by atoms with Crippen molar-refractivity contribution in [1.82, 2.24) is 24.3 Å². The predicted octanol–water partition coefficient (Wildman–Crippen LogP) is 5.25. The molecule has 0 atom stereocenters. The third-order valence-electron chi connectivity index (χ3n) is 6.12. The van der Waals surface area contributed by atoms with Gasteiger partial charge in [0.05, 0.1) is 32.5 Å². The molecule has 0 aliphatic heterocycles. The Labute approximate surface area is 230 Å². The second-order valence-corrected chi connectivity index (χ2v) is 10.1. The first kappa shape index (κ1) is 24.6. The fraction of sp³-hybridized carbons (Fsp3) is 0.0741. The molecule has 0 unspecified atom stereocenters. The van der Waals surface area contributed by atoms with E-state index in [4.69, 9.17) is 22.7 Å². The number of imidazole rings is 1. The molecule has 0 saturated carbocycles. The van der Waals surface area contributed by atoms with Gasteiger partial charge < -0.3 is 15.0 Å². The molecule has 4 aromatic heterocycles. The molecule has 194 valence electrons. The number of hydrogen-bond donors (Lipinski definition) is 1. The Kier molecular flexibility index (Phi) is 6.25. The van der Waals surface area contributed by atoms with Crippen molar-refractivity contribution >= 4 is 61.4 Å². The van der Waals surface area contributed by atoms with Gasteiger partial charge >= 0.3 is 0 Å². The van der Waals surface area contributed by atoms with Crippen LogP contribution < -0.4 is 15.4 Å². The van der Waals surface area contributed by atoms with Crippen LogP contribution in [0.5, 0.6) is 11.5 Å². The van der Waals surface area contributed by atoms with Crippen molar-refractivity contribution in [3.05, 3.63) is 85.2 Å². The van der Waals surface area contributed by atoms with E-state index in [1.54, 1.807) is 29.3 Å². The minimum Gasteiger partial charge on any atom is -0.453 e. The summed E-state index contributed by atoms with van der Waals surface area (Å²) in [4.78, 5) is 24.0. The molecule has 2 aromatic carbocycles.